The minimum absolute atomic E-state index is 0.00686. The minimum atomic E-state index is -0.240. The number of urea groups is 1. The molecule has 0 spiro atoms. The summed E-state index contributed by atoms with van der Waals surface area (Å²) in [5.41, 5.74) is 4.91. The number of anilines is 2. The summed E-state index contributed by atoms with van der Waals surface area (Å²) in [7, 11) is 0. The van der Waals surface area contributed by atoms with Gasteiger partial charge in [0.15, 0.2) is 0 Å². The smallest absolute Gasteiger partial charge is 0.307 e. The Labute approximate surface area is 238 Å². The van der Waals surface area contributed by atoms with Gasteiger partial charge in [0.05, 0.1) is 17.3 Å². The second-order valence-electron chi connectivity index (χ2n) is 9.53. The molecule has 3 aromatic carbocycles. The van der Waals surface area contributed by atoms with Crippen LogP contribution in [0.5, 0.6) is 0 Å². The van der Waals surface area contributed by atoms with E-state index in [1.807, 2.05) is 71.8 Å². The normalized spacial score (nSPS) is 14.0. The van der Waals surface area contributed by atoms with E-state index < -0.39 is 0 Å². The summed E-state index contributed by atoms with van der Waals surface area (Å²) in [6.07, 6.45) is 3.46. The molecule has 0 radical (unpaired) electrons. The number of hydrogen-bond donors (Lipinski definition) is 1. The van der Waals surface area contributed by atoms with E-state index in [0.717, 1.165) is 55.0 Å². The molecular formula is C31H27Cl2N5O. The number of carbonyl (C=O) groups excluding carboxylic acids is 1. The summed E-state index contributed by atoms with van der Waals surface area (Å²) in [5, 5.41) is 13.2. The van der Waals surface area contributed by atoms with E-state index in [2.05, 4.69) is 21.3 Å². The van der Waals surface area contributed by atoms with Crippen LogP contribution >= 0.6 is 23.2 Å². The highest BCUT2D eigenvalue weighted by Crippen LogP contribution is 2.30. The first-order chi connectivity index (χ1) is 19.0. The molecular weight excluding hydrogens is 529 g/mol. The maximum absolute atomic E-state index is 13.7. The maximum Gasteiger partial charge on any atom is 0.326 e. The van der Waals surface area contributed by atoms with Crippen molar-refractivity contribution in [1.82, 2.24) is 9.88 Å². The zero-order valence-corrected chi connectivity index (χ0v) is 22.7. The lowest BCUT2D eigenvalue weighted by Gasteiger charge is -2.38. The van der Waals surface area contributed by atoms with Crippen molar-refractivity contribution in [3.05, 3.63) is 112 Å². The Kier molecular flexibility index (Phi) is 8.43. The van der Waals surface area contributed by atoms with Gasteiger partial charge in [-0.25, -0.2) is 4.79 Å². The lowest BCUT2D eigenvalue weighted by Crippen LogP contribution is -2.49. The van der Waals surface area contributed by atoms with Crippen LogP contribution in [0.4, 0.5) is 16.2 Å². The molecule has 8 heteroatoms. The van der Waals surface area contributed by atoms with E-state index in [-0.39, 0.29) is 12.1 Å². The van der Waals surface area contributed by atoms with E-state index >= 15 is 0 Å². The van der Waals surface area contributed by atoms with Crippen LogP contribution in [0.1, 0.15) is 24.1 Å². The highest BCUT2D eigenvalue weighted by molar-refractivity contribution is 6.35. The fraction of sp³-hybridized carbons (Fsp3) is 0.194. The fourth-order valence-electron chi connectivity index (χ4n) is 4.94. The molecule has 0 saturated carbocycles. The lowest BCUT2D eigenvalue weighted by atomic mass is 10.0. The van der Waals surface area contributed by atoms with Crippen molar-refractivity contribution in [2.45, 2.75) is 25.4 Å². The van der Waals surface area contributed by atoms with E-state index in [1.165, 1.54) is 0 Å². The third kappa shape index (κ3) is 6.76. The molecule has 4 aromatic rings. The van der Waals surface area contributed by atoms with Crippen molar-refractivity contribution in [1.29, 1.82) is 5.26 Å². The second-order valence-corrected chi connectivity index (χ2v) is 10.4. The number of rotatable bonds is 6. The van der Waals surface area contributed by atoms with E-state index in [4.69, 9.17) is 23.2 Å². The Morgan fingerprint density at radius 2 is 1.69 bits per heavy atom. The van der Waals surface area contributed by atoms with Crippen molar-refractivity contribution >= 4 is 40.6 Å². The molecule has 1 N–H and O–H groups in total. The Balaban J connectivity index is 1.37. The van der Waals surface area contributed by atoms with Crippen LogP contribution in [-0.4, -0.2) is 35.0 Å². The van der Waals surface area contributed by atoms with Gasteiger partial charge in [0.2, 0.25) is 0 Å². The van der Waals surface area contributed by atoms with Crippen LogP contribution in [0.25, 0.3) is 11.1 Å². The van der Waals surface area contributed by atoms with E-state index in [9.17, 15) is 10.1 Å². The number of nitrogens with one attached hydrogen (secondary N) is 1. The Morgan fingerprint density at radius 3 is 2.36 bits per heavy atom. The summed E-state index contributed by atoms with van der Waals surface area (Å²) >= 11 is 12.4. The Morgan fingerprint density at radius 1 is 0.949 bits per heavy atom. The molecule has 0 aliphatic carbocycles. The van der Waals surface area contributed by atoms with Gasteiger partial charge in [0.25, 0.3) is 0 Å². The number of aromatic nitrogens is 1. The number of carbonyl (C=O) groups is 1. The van der Waals surface area contributed by atoms with Crippen LogP contribution in [0.15, 0.2) is 91.1 Å². The SMILES string of the molecule is N#Cc1cccc(-c2ccc(N(C(=O)Nc3cc(Cl)cc(Cl)c3)C3CCN(Cc4ccccn4)CC3)cc2)c1. The van der Waals surface area contributed by atoms with Crippen LogP contribution in [0, 0.1) is 11.3 Å². The van der Waals surface area contributed by atoms with Crippen LogP contribution in [-0.2, 0) is 6.54 Å². The molecule has 2 amide bonds. The number of nitriles is 1. The largest absolute Gasteiger partial charge is 0.326 e. The molecule has 5 rings (SSSR count). The predicted molar refractivity (Wildman–Crippen MR) is 157 cm³/mol. The van der Waals surface area contributed by atoms with Gasteiger partial charge in [-0.3, -0.25) is 14.8 Å². The van der Waals surface area contributed by atoms with Crippen molar-refractivity contribution in [2.24, 2.45) is 0 Å². The highest BCUT2D eigenvalue weighted by atomic mass is 35.5. The number of nitrogens with zero attached hydrogens (tertiary/aromatic N) is 4. The Bertz CT molecular complexity index is 1460. The topological polar surface area (TPSA) is 72.3 Å². The quantitative estimate of drug-likeness (QED) is 0.265. The molecule has 39 heavy (non-hydrogen) atoms. The number of hydrogen-bond acceptors (Lipinski definition) is 4. The van der Waals surface area contributed by atoms with E-state index in [1.54, 1.807) is 24.3 Å². The number of pyridine rings is 1. The molecule has 1 saturated heterocycles. The molecule has 1 fully saturated rings. The zero-order valence-electron chi connectivity index (χ0n) is 21.2. The number of halogens is 2. The van der Waals surface area contributed by atoms with Crippen LogP contribution < -0.4 is 10.2 Å². The third-order valence-electron chi connectivity index (χ3n) is 6.84. The van der Waals surface area contributed by atoms with Gasteiger partial charge in [-0.2, -0.15) is 5.26 Å². The molecule has 0 bridgehead atoms. The Hall–Kier alpha value is -3.89. The minimum Gasteiger partial charge on any atom is -0.307 e. The first kappa shape index (κ1) is 26.7. The van der Waals surface area contributed by atoms with Gasteiger partial charge >= 0.3 is 6.03 Å². The fourth-order valence-corrected chi connectivity index (χ4v) is 5.47. The average molecular weight is 556 g/mol. The van der Waals surface area contributed by atoms with Crippen molar-refractivity contribution in [2.75, 3.05) is 23.3 Å². The number of benzene rings is 3. The van der Waals surface area contributed by atoms with E-state index in [0.29, 0.717) is 21.3 Å². The monoisotopic (exact) mass is 555 g/mol. The van der Waals surface area contributed by atoms with Gasteiger partial charge in [-0.15, -0.1) is 0 Å². The van der Waals surface area contributed by atoms with Gasteiger partial charge in [-0.1, -0.05) is 53.5 Å². The molecule has 0 unspecified atom stereocenters. The third-order valence-corrected chi connectivity index (χ3v) is 7.27. The summed E-state index contributed by atoms with van der Waals surface area (Å²) in [6.45, 7) is 2.50. The van der Waals surface area contributed by atoms with Gasteiger partial charge < -0.3 is 5.32 Å². The lowest BCUT2D eigenvalue weighted by molar-refractivity contribution is 0.198. The molecule has 1 aliphatic rings. The van der Waals surface area contributed by atoms with Gasteiger partial charge in [0, 0.05) is 53.3 Å². The van der Waals surface area contributed by atoms with Gasteiger partial charge in [0.1, 0.15) is 0 Å². The molecule has 196 valence electrons. The summed E-state index contributed by atoms with van der Waals surface area (Å²) in [4.78, 5) is 22.4. The first-order valence-electron chi connectivity index (χ1n) is 12.8. The summed E-state index contributed by atoms with van der Waals surface area (Å²) in [5.74, 6) is 0. The molecule has 6 nitrogen and oxygen atoms in total. The standard InChI is InChI=1S/C31H27Cl2N5O/c32-25-17-26(33)19-28(18-25)36-31(39)38(30-11-14-37(15-12-30)21-27-6-1-2-13-35-27)29-9-7-23(8-10-29)24-5-3-4-22(16-24)20-34/h1-10,13,16-19,30H,11-12,14-15,21H2,(H,36,39). The molecule has 2 heterocycles. The average Bonchev–Trinajstić information content (AvgIpc) is 2.94. The highest BCUT2D eigenvalue weighted by Gasteiger charge is 2.29. The molecule has 1 aliphatic heterocycles. The molecule has 0 atom stereocenters. The van der Waals surface area contributed by atoms with Crippen molar-refractivity contribution in [3.8, 4) is 17.2 Å². The first-order valence-corrected chi connectivity index (χ1v) is 13.5. The zero-order chi connectivity index (χ0) is 27.2. The van der Waals surface area contributed by atoms with Crippen LogP contribution in [0.3, 0.4) is 0 Å². The summed E-state index contributed by atoms with van der Waals surface area (Å²) in [6, 6.07) is 28.3. The van der Waals surface area contributed by atoms with Crippen molar-refractivity contribution < 1.29 is 4.79 Å². The number of likely N-dealkylation sites (tertiary alicyclic amines) is 1. The van der Waals surface area contributed by atoms with Crippen LogP contribution in [0.2, 0.25) is 10.0 Å². The number of piperidine rings is 1. The van der Waals surface area contributed by atoms with Crippen molar-refractivity contribution in [3.63, 3.8) is 0 Å². The predicted octanol–water partition coefficient (Wildman–Crippen LogP) is 7.63. The summed E-state index contributed by atoms with van der Waals surface area (Å²) < 4.78 is 0. The maximum atomic E-state index is 13.7. The van der Waals surface area contributed by atoms with Gasteiger partial charge in [-0.05, 0) is 78.6 Å². The second kappa shape index (κ2) is 12.3. The number of amides is 2. The molecule has 1 aromatic heterocycles.